The Balaban J connectivity index is 1.61. The minimum Gasteiger partial charge on any atom is -0.352 e. The lowest BCUT2D eigenvalue weighted by molar-refractivity contribution is -0.119. The smallest absolute Gasteiger partial charge is 0.262 e. The molecule has 160 valence electrons. The first-order valence-corrected chi connectivity index (χ1v) is 11.9. The zero-order chi connectivity index (χ0) is 21.1. The molecule has 1 aliphatic carbocycles. The first-order chi connectivity index (χ1) is 14.6. The second kappa shape index (κ2) is 9.20. The van der Waals surface area contributed by atoms with Crippen molar-refractivity contribution in [2.75, 3.05) is 5.75 Å². The molecule has 8 heteroatoms. The lowest BCUT2D eigenvalue weighted by Crippen LogP contribution is -2.41. The lowest BCUT2D eigenvalue weighted by Gasteiger charge is -2.29. The van der Waals surface area contributed by atoms with Crippen LogP contribution >= 0.6 is 11.8 Å². The third-order valence-electron chi connectivity index (χ3n) is 6.00. The summed E-state index contributed by atoms with van der Waals surface area (Å²) in [5.41, 5.74) is 0.735. The summed E-state index contributed by atoms with van der Waals surface area (Å²) in [5, 5.41) is 13.1. The van der Waals surface area contributed by atoms with Gasteiger partial charge in [-0.25, -0.2) is 0 Å². The van der Waals surface area contributed by atoms with Gasteiger partial charge >= 0.3 is 0 Å². The van der Waals surface area contributed by atoms with Gasteiger partial charge in [0.15, 0.2) is 5.16 Å². The number of rotatable bonds is 7. The molecule has 0 radical (unpaired) electrons. The summed E-state index contributed by atoms with van der Waals surface area (Å²) in [5.74, 6) is 1.38. The van der Waals surface area contributed by atoms with Gasteiger partial charge < -0.3 is 5.32 Å². The quantitative estimate of drug-likeness (QED) is 0.582. The molecule has 2 unspecified atom stereocenters. The normalized spacial score (nSPS) is 19.4. The van der Waals surface area contributed by atoms with E-state index in [-0.39, 0.29) is 23.3 Å². The van der Waals surface area contributed by atoms with Crippen molar-refractivity contribution in [2.45, 2.75) is 70.1 Å². The maximum atomic E-state index is 13.0. The van der Waals surface area contributed by atoms with Gasteiger partial charge in [0.1, 0.15) is 0 Å². The number of fused-ring (bicyclic) bond motifs is 3. The van der Waals surface area contributed by atoms with Crippen molar-refractivity contribution in [3.05, 3.63) is 34.6 Å². The van der Waals surface area contributed by atoms with Crippen LogP contribution in [0.5, 0.6) is 0 Å². The topological polar surface area (TPSA) is 81.3 Å². The van der Waals surface area contributed by atoms with Crippen LogP contribution in [0.3, 0.4) is 0 Å². The maximum Gasteiger partial charge on any atom is 0.262 e. The van der Waals surface area contributed by atoms with Gasteiger partial charge in [0, 0.05) is 12.6 Å². The molecule has 1 saturated carbocycles. The van der Waals surface area contributed by atoms with E-state index in [0.29, 0.717) is 28.8 Å². The van der Waals surface area contributed by atoms with Crippen LogP contribution < -0.4 is 10.9 Å². The van der Waals surface area contributed by atoms with Crippen LogP contribution in [0, 0.1) is 5.92 Å². The fourth-order valence-electron chi connectivity index (χ4n) is 4.25. The van der Waals surface area contributed by atoms with Gasteiger partial charge in [0.2, 0.25) is 11.7 Å². The Hall–Kier alpha value is -2.35. The largest absolute Gasteiger partial charge is 0.352 e. The number of para-hydroxylation sites is 1. The van der Waals surface area contributed by atoms with E-state index in [9.17, 15) is 9.59 Å². The van der Waals surface area contributed by atoms with Gasteiger partial charge in [-0.3, -0.25) is 18.6 Å². The van der Waals surface area contributed by atoms with E-state index < -0.39 is 0 Å². The Morgan fingerprint density at radius 3 is 2.83 bits per heavy atom. The third-order valence-corrected chi connectivity index (χ3v) is 6.93. The Morgan fingerprint density at radius 1 is 1.23 bits per heavy atom. The first-order valence-electron chi connectivity index (χ1n) is 10.9. The number of hydrogen-bond donors (Lipinski definition) is 1. The van der Waals surface area contributed by atoms with E-state index in [2.05, 4.69) is 29.4 Å². The average molecular weight is 428 g/mol. The van der Waals surface area contributed by atoms with E-state index in [1.807, 2.05) is 28.7 Å². The van der Waals surface area contributed by atoms with Crippen molar-refractivity contribution in [1.82, 2.24) is 24.5 Å². The highest BCUT2D eigenvalue weighted by Gasteiger charge is 2.23. The highest BCUT2D eigenvalue weighted by atomic mass is 32.2. The van der Waals surface area contributed by atoms with Crippen LogP contribution in [0.2, 0.25) is 0 Å². The summed E-state index contributed by atoms with van der Waals surface area (Å²) in [6.07, 6.45) is 6.54. The van der Waals surface area contributed by atoms with E-state index in [0.717, 1.165) is 24.8 Å². The molecule has 2 aromatic heterocycles. The van der Waals surface area contributed by atoms with E-state index in [1.54, 1.807) is 4.57 Å². The van der Waals surface area contributed by atoms with E-state index >= 15 is 0 Å². The molecule has 2 atom stereocenters. The molecule has 0 spiro atoms. The second-order valence-corrected chi connectivity index (χ2v) is 9.11. The van der Waals surface area contributed by atoms with E-state index in [1.165, 1.54) is 31.0 Å². The van der Waals surface area contributed by atoms with Crippen LogP contribution in [0.4, 0.5) is 0 Å². The predicted molar refractivity (Wildman–Crippen MR) is 120 cm³/mol. The SMILES string of the molecule is CCCCn1c(=O)c2ccccc2n2c(SCC(=O)NC3CCCCC3C)nnc12. The highest BCUT2D eigenvalue weighted by molar-refractivity contribution is 7.99. The minimum absolute atomic E-state index is 0.0270. The van der Waals surface area contributed by atoms with Gasteiger partial charge in [-0.15, -0.1) is 10.2 Å². The molecule has 1 aliphatic rings. The molecule has 7 nitrogen and oxygen atoms in total. The molecule has 4 rings (SSSR count). The van der Waals surface area contributed by atoms with Gasteiger partial charge in [-0.2, -0.15) is 0 Å². The van der Waals surface area contributed by atoms with Gasteiger partial charge in [0.05, 0.1) is 16.7 Å². The zero-order valence-corrected chi connectivity index (χ0v) is 18.5. The number of carbonyl (C=O) groups excluding carboxylic acids is 1. The number of amides is 1. The number of benzene rings is 1. The molecule has 1 fully saturated rings. The standard InChI is InChI=1S/C22H29N5O2S/c1-3-4-13-26-20(29)16-10-6-8-12-18(16)27-21(26)24-25-22(27)30-14-19(28)23-17-11-7-5-9-15(17)2/h6,8,10,12,15,17H,3-5,7,9,11,13-14H2,1-2H3,(H,23,28). The Bertz CT molecular complexity index is 1110. The van der Waals surface area contributed by atoms with Crippen molar-refractivity contribution in [3.8, 4) is 0 Å². The summed E-state index contributed by atoms with van der Waals surface area (Å²) < 4.78 is 3.61. The van der Waals surface area contributed by atoms with Crippen molar-refractivity contribution < 1.29 is 4.79 Å². The minimum atomic E-state index is -0.0421. The molecular weight excluding hydrogens is 398 g/mol. The Morgan fingerprint density at radius 2 is 2.03 bits per heavy atom. The molecule has 1 N–H and O–H groups in total. The third kappa shape index (κ3) is 4.10. The van der Waals surface area contributed by atoms with Gasteiger partial charge in [-0.05, 0) is 37.3 Å². The van der Waals surface area contributed by atoms with Crippen LogP contribution in [0.1, 0.15) is 52.4 Å². The van der Waals surface area contributed by atoms with Crippen LogP contribution in [-0.2, 0) is 11.3 Å². The van der Waals surface area contributed by atoms with Crippen molar-refractivity contribution in [2.24, 2.45) is 5.92 Å². The monoisotopic (exact) mass is 427 g/mol. The number of nitrogens with one attached hydrogen (secondary N) is 1. The number of unbranched alkanes of at least 4 members (excludes halogenated alkanes) is 1. The molecular formula is C22H29N5O2S. The maximum absolute atomic E-state index is 13.0. The second-order valence-electron chi connectivity index (χ2n) is 8.17. The summed E-state index contributed by atoms with van der Waals surface area (Å²) >= 11 is 1.37. The molecule has 1 amide bonds. The number of carbonyl (C=O) groups is 1. The molecule has 2 heterocycles. The van der Waals surface area contributed by atoms with Crippen LogP contribution in [0.25, 0.3) is 16.7 Å². The summed E-state index contributed by atoms with van der Waals surface area (Å²) in [7, 11) is 0. The number of aryl methyl sites for hydroxylation is 1. The van der Waals surface area contributed by atoms with Gasteiger partial charge in [-0.1, -0.05) is 57.0 Å². The van der Waals surface area contributed by atoms with Crippen LogP contribution in [0.15, 0.2) is 34.2 Å². The molecule has 30 heavy (non-hydrogen) atoms. The predicted octanol–water partition coefficient (Wildman–Crippen LogP) is 3.63. The number of hydrogen-bond acceptors (Lipinski definition) is 5. The Labute approximate surface area is 180 Å². The number of nitrogens with zero attached hydrogens (tertiary/aromatic N) is 4. The fourth-order valence-corrected chi connectivity index (χ4v) is 5.01. The molecule has 0 aliphatic heterocycles. The van der Waals surface area contributed by atoms with Gasteiger partial charge in [0.25, 0.3) is 5.56 Å². The van der Waals surface area contributed by atoms with Crippen molar-refractivity contribution in [3.63, 3.8) is 0 Å². The molecule has 1 aromatic carbocycles. The lowest BCUT2D eigenvalue weighted by atomic mass is 9.86. The summed E-state index contributed by atoms with van der Waals surface area (Å²) in [6.45, 7) is 4.91. The summed E-state index contributed by atoms with van der Waals surface area (Å²) in [6, 6.07) is 7.79. The molecule has 0 bridgehead atoms. The van der Waals surface area contributed by atoms with Crippen molar-refractivity contribution in [1.29, 1.82) is 0 Å². The number of thioether (sulfide) groups is 1. The zero-order valence-electron chi connectivity index (χ0n) is 17.6. The molecule has 3 aromatic rings. The molecule has 0 saturated heterocycles. The first kappa shape index (κ1) is 20.9. The fraction of sp³-hybridized carbons (Fsp3) is 0.545. The summed E-state index contributed by atoms with van der Waals surface area (Å²) in [4.78, 5) is 25.6. The van der Waals surface area contributed by atoms with E-state index in [4.69, 9.17) is 0 Å². The highest BCUT2D eigenvalue weighted by Crippen LogP contribution is 2.25. The van der Waals surface area contributed by atoms with Crippen LogP contribution in [-0.4, -0.2) is 36.9 Å². The average Bonchev–Trinajstić information content (AvgIpc) is 3.18. The number of aromatic nitrogens is 4. The van der Waals surface area contributed by atoms with Crippen molar-refractivity contribution >= 4 is 34.3 Å². The Kier molecular flexibility index (Phi) is 6.41.